The average molecular weight is 308 g/mol. The van der Waals surface area contributed by atoms with Gasteiger partial charge in [0.25, 0.3) is 0 Å². The molecule has 0 saturated carbocycles. The molecule has 0 aromatic carbocycles. The monoisotopic (exact) mass is 308 g/mol. The molecule has 0 aliphatic carbocycles. The Labute approximate surface area is 120 Å². The van der Waals surface area contributed by atoms with Crippen molar-refractivity contribution in [3.05, 3.63) is 0 Å². The highest BCUT2D eigenvalue weighted by Crippen LogP contribution is 2.17. The number of rotatable bonds is 1. The zero-order chi connectivity index (χ0) is 15.5. The first kappa shape index (κ1) is 16.0. The predicted molar refractivity (Wildman–Crippen MR) is 68.5 cm³/mol. The molecule has 2 aliphatic heterocycles. The molecule has 0 aromatic rings. The zero-order valence-corrected chi connectivity index (χ0v) is 11.7. The van der Waals surface area contributed by atoms with E-state index in [-0.39, 0.29) is 26.2 Å². The van der Waals surface area contributed by atoms with Crippen LogP contribution in [0.4, 0.5) is 13.2 Å². The standard InChI is InChI=1S/C12H19F3N4O2/c13-12(14,15)9-17-5-7-19(8-6-17)11(21)10(20)18-3-1-16-2-4-18/h16H,1-9H2. The maximum absolute atomic E-state index is 12.3. The Bertz CT molecular complexity index is 388. The molecule has 0 bridgehead atoms. The number of halogens is 3. The third-order valence-electron chi connectivity index (χ3n) is 3.65. The fourth-order valence-corrected chi connectivity index (χ4v) is 2.50. The van der Waals surface area contributed by atoms with Gasteiger partial charge in [-0.15, -0.1) is 0 Å². The van der Waals surface area contributed by atoms with Crippen LogP contribution in [0, 0.1) is 0 Å². The van der Waals surface area contributed by atoms with Gasteiger partial charge in [-0.3, -0.25) is 14.5 Å². The van der Waals surface area contributed by atoms with E-state index in [0.717, 1.165) is 0 Å². The molecule has 0 atom stereocenters. The number of amides is 2. The molecule has 9 heteroatoms. The van der Waals surface area contributed by atoms with Crippen LogP contribution < -0.4 is 5.32 Å². The van der Waals surface area contributed by atoms with Gasteiger partial charge in [0.2, 0.25) is 0 Å². The second-order valence-corrected chi connectivity index (χ2v) is 5.23. The molecule has 2 amide bonds. The van der Waals surface area contributed by atoms with Crippen LogP contribution >= 0.6 is 0 Å². The minimum atomic E-state index is -4.23. The third-order valence-corrected chi connectivity index (χ3v) is 3.65. The average Bonchev–Trinajstić information content (AvgIpc) is 2.46. The Kier molecular flexibility index (Phi) is 5.04. The summed E-state index contributed by atoms with van der Waals surface area (Å²) in [6.07, 6.45) is -4.23. The summed E-state index contributed by atoms with van der Waals surface area (Å²) >= 11 is 0. The van der Waals surface area contributed by atoms with Crippen molar-refractivity contribution in [2.75, 3.05) is 58.9 Å². The Morgan fingerprint density at radius 2 is 1.33 bits per heavy atom. The smallest absolute Gasteiger partial charge is 0.332 e. The summed E-state index contributed by atoms with van der Waals surface area (Å²) in [7, 11) is 0. The lowest BCUT2D eigenvalue weighted by molar-refractivity contribution is -0.158. The summed E-state index contributed by atoms with van der Waals surface area (Å²) in [5, 5.41) is 3.08. The quantitative estimate of drug-likeness (QED) is 0.640. The highest BCUT2D eigenvalue weighted by molar-refractivity contribution is 6.34. The molecule has 2 saturated heterocycles. The summed E-state index contributed by atoms with van der Waals surface area (Å²) in [6, 6.07) is 0. The van der Waals surface area contributed by atoms with Gasteiger partial charge in [-0.1, -0.05) is 0 Å². The van der Waals surface area contributed by atoms with Crippen LogP contribution in [0.2, 0.25) is 0 Å². The van der Waals surface area contributed by atoms with E-state index in [1.807, 2.05) is 0 Å². The first-order chi connectivity index (χ1) is 9.87. The first-order valence-electron chi connectivity index (χ1n) is 6.95. The lowest BCUT2D eigenvalue weighted by Crippen LogP contribution is -2.56. The molecule has 2 rings (SSSR count). The van der Waals surface area contributed by atoms with Crippen molar-refractivity contribution >= 4 is 11.8 Å². The van der Waals surface area contributed by atoms with Gasteiger partial charge in [0.1, 0.15) is 0 Å². The second-order valence-electron chi connectivity index (χ2n) is 5.23. The van der Waals surface area contributed by atoms with Gasteiger partial charge in [-0.05, 0) is 0 Å². The predicted octanol–water partition coefficient (Wildman–Crippen LogP) is -0.875. The number of hydrogen-bond acceptors (Lipinski definition) is 4. The highest BCUT2D eigenvalue weighted by atomic mass is 19.4. The van der Waals surface area contributed by atoms with Crippen molar-refractivity contribution in [1.29, 1.82) is 0 Å². The van der Waals surface area contributed by atoms with Crippen molar-refractivity contribution in [3.8, 4) is 0 Å². The van der Waals surface area contributed by atoms with E-state index in [1.165, 1.54) is 14.7 Å². The molecular weight excluding hydrogens is 289 g/mol. The van der Waals surface area contributed by atoms with E-state index in [4.69, 9.17) is 0 Å². The highest BCUT2D eigenvalue weighted by Gasteiger charge is 2.34. The van der Waals surface area contributed by atoms with Crippen LogP contribution in [-0.2, 0) is 9.59 Å². The van der Waals surface area contributed by atoms with Crippen molar-refractivity contribution in [2.45, 2.75) is 6.18 Å². The van der Waals surface area contributed by atoms with Gasteiger partial charge in [-0.25, -0.2) is 0 Å². The number of nitrogens with zero attached hydrogens (tertiary/aromatic N) is 3. The largest absolute Gasteiger partial charge is 0.401 e. The number of hydrogen-bond donors (Lipinski definition) is 1. The number of alkyl halides is 3. The maximum Gasteiger partial charge on any atom is 0.401 e. The van der Waals surface area contributed by atoms with E-state index in [9.17, 15) is 22.8 Å². The van der Waals surface area contributed by atoms with Crippen molar-refractivity contribution in [1.82, 2.24) is 20.0 Å². The maximum atomic E-state index is 12.3. The first-order valence-corrected chi connectivity index (χ1v) is 6.95. The molecule has 1 N–H and O–H groups in total. The fraction of sp³-hybridized carbons (Fsp3) is 0.833. The summed E-state index contributed by atoms with van der Waals surface area (Å²) in [6.45, 7) is 1.90. The molecule has 0 spiro atoms. The molecule has 0 unspecified atom stereocenters. The zero-order valence-electron chi connectivity index (χ0n) is 11.7. The van der Waals surface area contributed by atoms with E-state index in [0.29, 0.717) is 26.2 Å². The topological polar surface area (TPSA) is 55.9 Å². The van der Waals surface area contributed by atoms with Crippen molar-refractivity contribution in [3.63, 3.8) is 0 Å². The minimum absolute atomic E-state index is 0.139. The van der Waals surface area contributed by atoms with Gasteiger partial charge >= 0.3 is 18.0 Å². The molecule has 6 nitrogen and oxygen atoms in total. The van der Waals surface area contributed by atoms with Crippen LogP contribution in [-0.4, -0.2) is 91.6 Å². The summed E-state index contributed by atoms with van der Waals surface area (Å²) in [4.78, 5) is 28.2. The lowest BCUT2D eigenvalue weighted by atomic mass is 10.2. The molecule has 2 aliphatic rings. The Morgan fingerprint density at radius 1 is 0.857 bits per heavy atom. The molecule has 0 aromatic heterocycles. The van der Waals surface area contributed by atoms with Crippen molar-refractivity contribution < 1.29 is 22.8 Å². The summed E-state index contributed by atoms with van der Waals surface area (Å²) in [5.41, 5.74) is 0. The Morgan fingerprint density at radius 3 is 1.81 bits per heavy atom. The molecule has 120 valence electrons. The van der Waals surface area contributed by atoms with Crippen LogP contribution in [0.5, 0.6) is 0 Å². The summed E-state index contributed by atoms with van der Waals surface area (Å²) < 4.78 is 36.8. The van der Waals surface area contributed by atoms with Crippen LogP contribution in [0.25, 0.3) is 0 Å². The van der Waals surface area contributed by atoms with E-state index < -0.39 is 24.5 Å². The molecule has 21 heavy (non-hydrogen) atoms. The molecule has 2 fully saturated rings. The van der Waals surface area contributed by atoms with Crippen LogP contribution in [0.15, 0.2) is 0 Å². The summed E-state index contributed by atoms with van der Waals surface area (Å²) in [5.74, 6) is -1.16. The SMILES string of the molecule is O=C(C(=O)N1CCN(CC(F)(F)F)CC1)N1CCNCC1. The minimum Gasteiger partial charge on any atom is -0.332 e. The second kappa shape index (κ2) is 6.61. The number of nitrogens with one attached hydrogen (secondary N) is 1. The molecule has 0 radical (unpaired) electrons. The fourth-order valence-electron chi connectivity index (χ4n) is 2.50. The number of piperazine rings is 2. The van der Waals surface area contributed by atoms with Crippen molar-refractivity contribution in [2.24, 2.45) is 0 Å². The van der Waals surface area contributed by atoms with E-state index >= 15 is 0 Å². The number of carbonyl (C=O) groups excluding carboxylic acids is 2. The Hall–Kier alpha value is -1.35. The van der Waals surface area contributed by atoms with E-state index in [2.05, 4.69) is 5.32 Å². The normalized spacial score (nSPS) is 21.5. The van der Waals surface area contributed by atoms with Gasteiger partial charge in [-0.2, -0.15) is 13.2 Å². The Balaban J connectivity index is 1.81. The van der Waals surface area contributed by atoms with Crippen LogP contribution in [0.3, 0.4) is 0 Å². The van der Waals surface area contributed by atoms with Crippen LogP contribution in [0.1, 0.15) is 0 Å². The number of carbonyl (C=O) groups is 2. The van der Waals surface area contributed by atoms with Gasteiger partial charge < -0.3 is 15.1 Å². The third kappa shape index (κ3) is 4.57. The van der Waals surface area contributed by atoms with Gasteiger partial charge in [0.15, 0.2) is 0 Å². The van der Waals surface area contributed by atoms with Gasteiger partial charge in [0.05, 0.1) is 6.54 Å². The molecule has 2 heterocycles. The lowest BCUT2D eigenvalue weighted by Gasteiger charge is -2.36. The van der Waals surface area contributed by atoms with Gasteiger partial charge in [0, 0.05) is 52.4 Å². The van der Waals surface area contributed by atoms with E-state index in [1.54, 1.807) is 0 Å². The molecular formula is C12H19F3N4O2.